The summed E-state index contributed by atoms with van der Waals surface area (Å²) in [7, 11) is 0. The minimum atomic E-state index is -0.771. The second-order valence-electron chi connectivity index (χ2n) is 23.8. The molecule has 0 N–H and O–H groups in total. The fourth-order valence-corrected chi connectivity index (χ4v) is 10.5. The van der Waals surface area contributed by atoms with Gasteiger partial charge < -0.3 is 14.2 Å². The number of esters is 3. The lowest BCUT2D eigenvalue weighted by molar-refractivity contribution is -0.167. The van der Waals surface area contributed by atoms with Crippen molar-refractivity contribution >= 4 is 17.9 Å². The molecule has 0 radical (unpaired) electrons. The summed E-state index contributed by atoms with van der Waals surface area (Å²) in [4.78, 5) is 38.3. The molecule has 6 heteroatoms. The molecule has 0 spiro atoms. The quantitative estimate of drug-likeness (QED) is 0.0261. The summed E-state index contributed by atoms with van der Waals surface area (Å²) in [6, 6.07) is 0. The molecule has 0 aliphatic carbocycles. The van der Waals surface area contributed by atoms with Crippen molar-refractivity contribution in [2.24, 2.45) is 0 Å². The normalized spacial score (nSPS) is 12.4. The second-order valence-corrected chi connectivity index (χ2v) is 23.8. The Morgan fingerprint density at radius 3 is 0.775 bits per heavy atom. The zero-order valence-electron chi connectivity index (χ0n) is 53.6. The van der Waals surface area contributed by atoms with E-state index in [2.05, 4.69) is 81.5 Å². The van der Waals surface area contributed by atoms with Crippen molar-refractivity contribution in [3.8, 4) is 0 Å². The van der Waals surface area contributed by atoms with Crippen molar-refractivity contribution in [3.63, 3.8) is 0 Å². The summed E-state index contributed by atoms with van der Waals surface area (Å²) < 4.78 is 16.9. The Kier molecular flexibility index (Phi) is 66.1. The molecule has 0 aliphatic heterocycles. The summed E-state index contributed by atoms with van der Waals surface area (Å²) in [5.74, 6) is -0.851. The molecule has 1 unspecified atom stereocenters. The van der Waals surface area contributed by atoms with Crippen molar-refractivity contribution in [1.82, 2.24) is 0 Å². The monoisotopic (exact) mass is 1120 g/mol. The lowest BCUT2D eigenvalue weighted by Crippen LogP contribution is -2.30. The summed E-state index contributed by atoms with van der Waals surface area (Å²) in [6.07, 6.45) is 88.4. The average Bonchev–Trinajstić information content (AvgIpc) is 3.46. The van der Waals surface area contributed by atoms with Gasteiger partial charge in [-0.25, -0.2) is 0 Å². The lowest BCUT2D eigenvalue weighted by Gasteiger charge is -2.18. The van der Waals surface area contributed by atoms with Crippen molar-refractivity contribution in [3.05, 3.63) is 60.8 Å². The van der Waals surface area contributed by atoms with E-state index in [9.17, 15) is 14.4 Å². The second kappa shape index (κ2) is 68.6. The molecule has 0 aliphatic rings. The molecule has 0 aromatic heterocycles. The van der Waals surface area contributed by atoms with E-state index < -0.39 is 6.10 Å². The van der Waals surface area contributed by atoms with Crippen LogP contribution < -0.4 is 0 Å². The molecule has 0 bridgehead atoms. The molecule has 0 amide bonds. The number of rotatable bonds is 65. The Bertz CT molecular complexity index is 1430. The van der Waals surface area contributed by atoms with Crippen LogP contribution in [0, 0.1) is 0 Å². The number of ether oxygens (including phenoxy) is 3. The van der Waals surface area contributed by atoms with Gasteiger partial charge in [0.15, 0.2) is 6.10 Å². The summed E-state index contributed by atoms with van der Waals surface area (Å²) in [6.45, 7) is 6.56. The van der Waals surface area contributed by atoms with E-state index in [0.29, 0.717) is 19.3 Å². The Labute approximate surface area is 498 Å². The van der Waals surface area contributed by atoms with E-state index >= 15 is 0 Å². The van der Waals surface area contributed by atoms with Crippen LogP contribution in [0.1, 0.15) is 374 Å². The number of unbranched alkanes of at least 4 members (excludes halogenated alkanes) is 44. The number of carbonyl (C=O) groups is 3. The molecule has 0 rings (SSSR count). The predicted molar refractivity (Wildman–Crippen MR) is 348 cm³/mol. The van der Waals surface area contributed by atoms with E-state index in [1.165, 1.54) is 250 Å². The van der Waals surface area contributed by atoms with Gasteiger partial charge in [0, 0.05) is 19.3 Å². The minimum absolute atomic E-state index is 0.0692. The molecule has 0 fully saturated rings. The molecule has 0 aromatic rings. The fraction of sp³-hybridized carbons (Fsp3) is 0.824. The number of hydrogen-bond donors (Lipinski definition) is 0. The van der Waals surface area contributed by atoms with Gasteiger partial charge in [-0.1, -0.05) is 332 Å². The maximum Gasteiger partial charge on any atom is 0.306 e. The van der Waals surface area contributed by atoms with Crippen LogP contribution in [0.5, 0.6) is 0 Å². The third-order valence-corrected chi connectivity index (χ3v) is 15.8. The van der Waals surface area contributed by atoms with Gasteiger partial charge in [0.2, 0.25) is 0 Å². The predicted octanol–water partition coefficient (Wildman–Crippen LogP) is 24.3. The van der Waals surface area contributed by atoms with Crippen LogP contribution in [0.2, 0.25) is 0 Å². The zero-order chi connectivity index (χ0) is 57.8. The highest BCUT2D eigenvalue weighted by Gasteiger charge is 2.19. The molecule has 1 atom stereocenters. The van der Waals surface area contributed by atoms with E-state index in [1.807, 2.05) is 0 Å². The first-order chi connectivity index (χ1) is 39.5. The first kappa shape index (κ1) is 77.1. The molecule has 0 saturated carbocycles. The van der Waals surface area contributed by atoms with Crippen LogP contribution in [-0.4, -0.2) is 37.2 Å². The van der Waals surface area contributed by atoms with E-state index in [1.54, 1.807) is 0 Å². The van der Waals surface area contributed by atoms with Crippen molar-refractivity contribution in [2.45, 2.75) is 380 Å². The fourth-order valence-electron chi connectivity index (χ4n) is 10.5. The van der Waals surface area contributed by atoms with E-state index in [0.717, 1.165) is 83.5 Å². The molecular formula is C74H134O6. The largest absolute Gasteiger partial charge is 0.462 e. The van der Waals surface area contributed by atoms with E-state index in [-0.39, 0.29) is 31.1 Å². The van der Waals surface area contributed by atoms with Crippen LogP contribution in [0.4, 0.5) is 0 Å². The Hall–Kier alpha value is -2.89. The van der Waals surface area contributed by atoms with Crippen LogP contribution in [-0.2, 0) is 28.6 Å². The molecule has 6 nitrogen and oxygen atoms in total. The zero-order valence-corrected chi connectivity index (χ0v) is 53.6. The lowest BCUT2D eigenvalue weighted by atomic mass is 10.0. The van der Waals surface area contributed by atoms with Crippen molar-refractivity contribution < 1.29 is 28.6 Å². The van der Waals surface area contributed by atoms with Gasteiger partial charge in [0.05, 0.1) is 0 Å². The number of carbonyl (C=O) groups excluding carboxylic acids is 3. The van der Waals surface area contributed by atoms with Gasteiger partial charge in [-0.2, -0.15) is 0 Å². The number of allylic oxidation sites excluding steroid dienone is 10. The van der Waals surface area contributed by atoms with Crippen molar-refractivity contribution in [1.29, 1.82) is 0 Å². The molecular weight excluding hydrogens is 985 g/mol. The average molecular weight is 1120 g/mol. The maximum atomic E-state index is 12.9. The summed E-state index contributed by atoms with van der Waals surface area (Å²) in [5.41, 5.74) is 0. The molecule has 0 aromatic carbocycles. The van der Waals surface area contributed by atoms with Gasteiger partial charge in [-0.05, 0) is 83.5 Å². The third kappa shape index (κ3) is 65.9. The smallest absolute Gasteiger partial charge is 0.306 e. The summed E-state index contributed by atoms with van der Waals surface area (Å²) in [5, 5.41) is 0. The third-order valence-electron chi connectivity index (χ3n) is 15.8. The Balaban J connectivity index is 4.03. The van der Waals surface area contributed by atoms with Gasteiger partial charge in [-0.15, -0.1) is 0 Å². The molecule has 0 heterocycles. The first-order valence-electron chi connectivity index (χ1n) is 35.3. The molecule has 80 heavy (non-hydrogen) atoms. The Morgan fingerprint density at radius 1 is 0.263 bits per heavy atom. The maximum absolute atomic E-state index is 12.9. The summed E-state index contributed by atoms with van der Waals surface area (Å²) >= 11 is 0. The topological polar surface area (TPSA) is 78.9 Å². The van der Waals surface area contributed by atoms with Crippen LogP contribution in [0.3, 0.4) is 0 Å². The van der Waals surface area contributed by atoms with Gasteiger partial charge in [0.25, 0.3) is 0 Å². The van der Waals surface area contributed by atoms with Crippen LogP contribution in [0.15, 0.2) is 60.8 Å². The standard InChI is InChI=1S/C74H134O6/c1-4-7-10-13-16-19-22-24-26-28-29-30-31-32-33-34-35-36-37-38-39-40-41-42-43-44-45-47-48-50-52-55-58-61-64-67-73(76)79-70-71(69-78-72(75)66-63-60-57-54-21-18-15-12-9-6-3)80-74(77)68-65-62-59-56-53-51-49-46-27-25-23-20-17-14-11-8-5-2/h7,10,16,19,24-27,29-30,71H,4-6,8-9,11-15,17-18,20-23,28,31-70H2,1-3H3/b10-7-,19-16-,26-24-,27-25-,30-29-. The number of hydrogen-bond acceptors (Lipinski definition) is 6. The highest BCUT2D eigenvalue weighted by atomic mass is 16.6. The van der Waals surface area contributed by atoms with Gasteiger partial charge in [-0.3, -0.25) is 14.4 Å². The highest BCUT2D eigenvalue weighted by molar-refractivity contribution is 5.71. The van der Waals surface area contributed by atoms with E-state index in [4.69, 9.17) is 14.2 Å². The highest BCUT2D eigenvalue weighted by Crippen LogP contribution is 2.18. The van der Waals surface area contributed by atoms with Gasteiger partial charge in [0.1, 0.15) is 13.2 Å². The van der Waals surface area contributed by atoms with Crippen LogP contribution in [0.25, 0.3) is 0 Å². The van der Waals surface area contributed by atoms with Gasteiger partial charge >= 0.3 is 17.9 Å². The molecule has 466 valence electrons. The first-order valence-corrected chi connectivity index (χ1v) is 35.3. The van der Waals surface area contributed by atoms with Crippen LogP contribution >= 0.6 is 0 Å². The minimum Gasteiger partial charge on any atom is -0.462 e. The SMILES string of the molecule is CC/C=C\C/C=C\C/C=C\C/C=C\CCCCCCCCCCCCCCCCCCCCCCCCC(=O)OCC(COC(=O)CCCCCCCCCCCC)OC(=O)CCCCCCCCC/C=C\CCCCCCCC. The Morgan fingerprint density at radius 2 is 0.487 bits per heavy atom. The van der Waals surface area contributed by atoms with Crippen molar-refractivity contribution in [2.75, 3.05) is 13.2 Å². The molecule has 0 saturated heterocycles.